The molecule has 17 heavy (non-hydrogen) atoms. The summed E-state index contributed by atoms with van der Waals surface area (Å²) < 4.78 is 0. The number of allylic oxidation sites excluding steroid dienone is 1. The Bertz CT molecular complexity index is 332. The number of aryl methyl sites for hydroxylation is 1. The molecule has 0 radical (unpaired) electrons. The molecule has 0 saturated heterocycles. The van der Waals surface area contributed by atoms with Gasteiger partial charge in [-0.2, -0.15) is 0 Å². The Morgan fingerprint density at radius 2 is 1.94 bits per heavy atom. The van der Waals surface area contributed by atoms with Gasteiger partial charge in [-0.25, -0.2) is 0 Å². The number of hydrogen-bond acceptors (Lipinski definition) is 2. The van der Waals surface area contributed by atoms with Gasteiger partial charge in [0.2, 0.25) is 0 Å². The first kappa shape index (κ1) is 13.6. The maximum atomic E-state index is 11.6. The summed E-state index contributed by atoms with van der Waals surface area (Å²) in [6, 6.07) is 3.94. The van der Waals surface area contributed by atoms with Crippen LogP contribution in [0.2, 0.25) is 0 Å². The van der Waals surface area contributed by atoms with Gasteiger partial charge < -0.3 is 0 Å². The number of aromatic nitrogens is 1. The first-order valence-corrected chi connectivity index (χ1v) is 6.34. The van der Waals surface area contributed by atoms with E-state index in [0.717, 1.165) is 38.5 Å². The van der Waals surface area contributed by atoms with E-state index in [4.69, 9.17) is 0 Å². The highest BCUT2D eigenvalue weighted by molar-refractivity contribution is 5.78. The standard InChI is InChI=1S/C15H21NO/c1-2-3-4-5-6-7-15(17)9-8-14-10-12-16-13-11-14/h2,10-13H,1,3-9H2. The highest BCUT2D eigenvalue weighted by Gasteiger charge is 2.02. The van der Waals surface area contributed by atoms with E-state index in [-0.39, 0.29) is 0 Å². The number of ketones is 1. The fraction of sp³-hybridized carbons (Fsp3) is 0.467. The molecule has 0 amide bonds. The van der Waals surface area contributed by atoms with Crippen LogP contribution in [0.5, 0.6) is 0 Å². The predicted octanol–water partition coefficient (Wildman–Crippen LogP) is 3.72. The Kier molecular flexibility index (Phi) is 6.96. The molecule has 2 heteroatoms. The van der Waals surface area contributed by atoms with Crippen LogP contribution in [-0.4, -0.2) is 10.8 Å². The lowest BCUT2D eigenvalue weighted by atomic mass is 10.0. The summed E-state index contributed by atoms with van der Waals surface area (Å²) in [4.78, 5) is 15.6. The van der Waals surface area contributed by atoms with E-state index in [0.29, 0.717) is 12.2 Å². The molecule has 2 nitrogen and oxygen atoms in total. The Hall–Kier alpha value is -1.44. The molecule has 0 aliphatic carbocycles. The highest BCUT2D eigenvalue weighted by atomic mass is 16.1. The van der Waals surface area contributed by atoms with Crippen LogP contribution >= 0.6 is 0 Å². The third kappa shape index (κ3) is 6.67. The van der Waals surface area contributed by atoms with Gasteiger partial charge in [0.15, 0.2) is 0 Å². The third-order valence-electron chi connectivity index (χ3n) is 2.81. The van der Waals surface area contributed by atoms with Crippen LogP contribution in [0, 0.1) is 0 Å². The van der Waals surface area contributed by atoms with Crippen molar-refractivity contribution in [1.29, 1.82) is 0 Å². The fourth-order valence-electron chi connectivity index (χ4n) is 1.75. The van der Waals surface area contributed by atoms with Crippen molar-refractivity contribution in [2.24, 2.45) is 0 Å². The molecule has 0 saturated carbocycles. The number of pyridine rings is 1. The molecule has 1 heterocycles. The first-order chi connectivity index (χ1) is 8.33. The molecule has 0 fully saturated rings. The zero-order valence-corrected chi connectivity index (χ0v) is 10.4. The van der Waals surface area contributed by atoms with E-state index >= 15 is 0 Å². The quantitative estimate of drug-likeness (QED) is 0.479. The normalized spacial score (nSPS) is 10.1. The van der Waals surface area contributed by atoms with Gasteiger partial charge in [0.25, 0.3) is 0 Å². The molecule has 0 N–H and O–H groups in total. The van der Waals surface area contributed by atoms with E-state index in [1.165, 1.54) is 5.56 Å². The lowest BCUT2D eigenvalue weighted by Crippen LogP contribution is -2.00. The number of Topliss-reactive ketones (excluding diaryl/α,β-unsaturated/α-hetero) is 1. The summed E-state index contributed by atoms with van der Waals surface area (Å²) in [5, 5.41) is 0. The average Bonchev–Trinajstić information content (AvgIpc) is 2.37. The van der Waals surface area contributed by atoms with Gasteiger partial charge in [-0.1, -0.05) is 12.5 Å². The van der Waals surface area contributed by atoms with Crippen molar-refractivity contribution in [1.82, 2.24) is 4.98 Å². The summed E-state index contributed by atoms with van der Waals surface area (Å²) in [5.41, 5.74) is 1.19. The monoisotopic (exact) mass is 231 g/mol. The molecule has 0 aliphatic rings. The van der Waals surface area contributed by atoms with Crippen molar-refractivity contribution >= 4 is 5.78 Å². The zero-order valence-electron chi connectivity index (χ0n) is 10.4. The first-order valence-electron chi connectivity index (χ1n) is 6.34. The minimum atomic E-state index is 0.375. The number of carbonyl (C=O) groups excluding carboxylic acids is 1. The number of hydrogen-bond donors (Lipinski definition) is 0. The molecule has 1 rings (SSSR count). The molecule has 0 aliphatic heterocycles. The summed E-state index contributed by atoms with van der Waals surface area (Å²) in [6.45, 7) is 3.68. The van der Waals surface area contributed by atoms with E-state index in [9.17, 15) is 4.79 Å². The van der Waals surface area contributed by atoms with Gasteiger partial charge in [-0.05, 0) is 43.4 Å². The molecule has 1 aromatic rings. The van der Waals surface area contributed by atoms with Crippen LogP contribution in [-0.2, 0) is 11.2 Å². The molecule has 0 unspecified atom stereocenters. The van der Waals surface area contributed by atoms with E-state index < -0.39 is 0 Å². The molecule has 92 valence electrons. The van der Waals surface area contributed by atoms with E-state index in [2.05, 4.69) is 11.6 Å². The van der Waals surface area contributed by atoms with Crippen molar-refractivity contribution in [3.63, 3.8) is 0 Å². The van der Waals surface area contributed by atoms with Crippen molar-refractivity contribution in [2.75, 3.05) is 0 Å². The Morgan fingerprint density at radius 1 is 1.18 bits per heavy atom. The topological polar surface area (TPSA) is 30.0 Å². The second kappa shape index (κ2) is 8.68. The fourth-order valence-corrected chi connectivity index (χ4v) is 1.75. The van der Waals surface area contributed by atoms with Crippen molar-refractivity contribution in [2.45, 2.75) is 44.9 Å². The highest BCUT2D eigenvalue weighted by Crippen LogP contribution is 2.07. The van der Waals surface area contributed by atoms with Gasteiger partial charge >= 0.3 is 0 Å². The second-order valence-corrected chi connectivity index (χ2v) is 4.28. The second-order valence-electron chi connectivity index (χ2n) is 4.28. The predicted molar refractivity (Wildman–Crippen MR) is 70.8 cm³/mol. The average molecular weight is 231 g/mol. The Morgan fingerprint density at radius 3 is 2.65 bits per heavy atom. The van der Waals surface area contributed by atoms with E-state index in [1.807, 2.05) is 18.2 Å². The molecular weight excluding hydrogens is 210 g/mol. The molecule has 0 aromatic carbocycles. The SMILES string of the molecule is C=CCCCCCC(=O)CCc1ccncc1. The van der Waals surface area contributed by atoms with Crippen LogP contribution in [0.25, 0.3) is 0 Å². The lowest BCUT2D eigenvalue weighted by Gasteiger charge is -2.01. The van der Waals surface area contributed by atoms with E-state index in [1.54, 1.807) is 12.4 Å². The largest absolute Gasteiger partial charge is 0.300 e. The van der Waals surface area contributed by atoms with Crippen molar-refractivity contribution in [3.8, 4) is 0 Å². The van der Waals surface area contributed by atoms with Crippen LogP contribution in [0.15, 0.2) is 37.2 Å². The molecule has 0 atom stereocenters. The van der Waals surface area contributed by atoms with Crippen LogP contribution in [0.4, 0.5) is 0 Å². The van der Waals surface area contributed by atoms with Crippen molar-refractivity contribution in [3.05, 3.63) is 42.7 Å². The smallest absolute Gasteiger partial charge is 0.133 e. The van der Waals surface area contributed by atoms with Crippen molar-refractivity contribution < 1.29 is 4.79 Å². The summed E-state index contributed by atoms with van der Waals surface area (Å²) in [5.74, 6) is 0.375. The minimum Gasteiger partial charge on any atom is -0.300 e. The number of carbonyl (C=O) groups is 1. The third-order valence-corrected chi connectivity index (χ3v) is 2.81. The maximum absolute atomic E-state index is 11.6. The molecule has 0 bridgehead atoms. The molecular formula is C15H21NO. The lowest BCUT2D eigenvalue weighted by molar-refractivity contribution is -0.119. The van der Waals surface area contributed by atoms with Crippen LogP contribution < -0.4 is 0 Å². The van der Waals surface area contributed by atoms with Gasteiger partial charge in [-0.15, -0.1) is 6.58 Å². The summed E-state index contributed by atoms with van der Waals surface area (Å²) in [7, 11) is 0. The number of rotatable bonds is 9. The Labute approximate surface area is 104 Å². The zero-order chi connectivity index (χ0) is 12.3. The summed E-state index contributed by atoms with van der Waals surface area (Å²) in [6.07, 6.45) is 12.1. The van der Waals surface area contributed by atoms with Gasteiger partial charge in [0.05, 0.1) is 0 Å². The molecule has 0 spiro atoms. The summed E-state index contributed by atoms with van der Waals surface area (Å²) >= 11 is 0. The van der Waals surface area contributed by atoms with Gasteiger partial charge in [0, 0.05) is 25.2 Å². The number of unbranched alkanes of at least 4 members (excludes halogenated alkanes) is 3. The van der Waals surface area contributed by atoms with Crippen LogP contribution in [0.3, 0.4) is 0 Å². The Balaban J connectivity index is 2.07. The molecule has 1 aromatic heterocycles. The number of nitrogens with zero attached hydrogens (tertiary/aromatic N) is 1. The maximum Gasteiger partial charge on any atom is 0.133 e. The minimum absolute atomic E-state index is 0.375. The van der Waals surface area contributed by atoms with Gasteiger partial charge in [-0.3, -0.25) is 9.78 Å². The van der Waals surface area contributed by atoms with Crippen LogP contribution in [0.1, 0.15) is 44.1 Å². The van der Waals surface area contributed by atoms with Gasteiger partial charge in [0.1, 0.15) is 5.78 Å².